The standard InChI is InChI=1S/C28H30N6O2/c1-3-36-26-23(8-5-11-30-26)28(24-17-20(18-29)9-10-25(24)32-27(28)35)31-19-21-6-4-7-22(16-21)34-14-12-33(2)13-15-34/h4-11,16-17,31H,3,12-15,19H2,1-2H3,(H,32,35). The predicted octanol–water partition coefficient (Wildman–Crippen LogP) is 3.09. The summed E-state index contributed by atoms with van der Waals surface area (Å²) in [7, 11) is 2.15. The fraction of sp³-hybridized carbons (Fsp3) is 0.321. The second-order valence-corrected chi connectivity index (χ2v) is 9.18. The number of rotatable bonds is 7. The van der Waals surface area contributed by atoms with Crippen molar-refractivity contribution in [3.8, 4) is 11.9 Å². The van der Waals surface area contributed by atoms with E-state index in [4.69, 9.17) is 4.74 Å². The van der Waals surface area contributed by atoms with Crippen LogP contribution in [0.3, 0.4) is 0 Å². The number of pyridine rings is 1. The largest absolute Gasteiger partial charge is 0.478 e. The zero-order chi connectivity index (χ0) is 25.1. The molecule has 0 radical (unpaired) electrons. The third kappa shape index (κ3) is 4.28. The molecule has 2 aliphatic rings. The van der Waals surface area contributed by atoms with Crippen molar-refractivity contribution in [3.63, 3.8) is 0 Å². The lowest BCUT2D eigenvalue weighted by Crippen LogP contribution is -2.49. The Bertz CT molecular complexity index is 1310. The molecule has 2 aromatic carbocycles. The smallest absolute Gasteiger partial charge is 0.254 e. The molecule has 1 atom stereocenters. The normalized spacial score (nSPS) is 19.5. The lowest BCUT2D eigenvalue weighted by molar-refractivity contribution is -0.120. The van der Waals surface area contributed by atoms with Crippen LogP contribution >= 0.6 is 0 Å². The molecule has 184 valence electrons. The third-order valence-corrected chi connectivity index (χ3v) is 6.93. The maximum Gasteiger partial charge on any atom is 0.254 e. The van der Waals surface area contributed by atoms with E-state index < -0.39 is 5.54 Å². The van der Waals surface area contributed by atoms with Crippen molar-refractivity contribution in [2.45, 2.75) is 19.0 Å². The number of ether oxygens (including phenoxy) is 1. The monoisotopic (exact) mass is 482 g/mol. The number of amides is 1. The third-order valence-electron chi connectivity index (χ3n) is 6.93. The van der Waals surface area contributed by atoms with Crippen molar-refractivity contribution in [3.05, 3.63) is 83.0 Å². The van der Waals surface area contributed by atoms with Gasteiger partial charge in [0.05, 0.1) is 18.2 Å². The molecule has 3 heterocycles. The van der Waals surface area contributed by atoms with Crippen molar-refractivity contribution in [2.75, 3.05) is 50.1 Å². The molecule has 1 saturated heterocycles. The van der Waals surface area contributed by atoms with Crippen molar-refractivity contribution < 1.29 is 9.53 Å². The Balaban J connectivity index is 1.54. The van der Waals surface area contributed by atoms with Gasteiger partial charge in [-0.1, -0.05) is 12.1 Å². The van der Waals surface area contributed by atoms with Gasteiger partial charge in [-0.05, 0) is 62.0 Å². The SMILES string of the molecule is CCOc1ncccc1C1(NCc2cccc(N3CCN(C)CC3)c2)C(=O)Nc2ccc(C#N)cc21. The molecule has 8 heteroatoms. The molecule has 36 heavy (non-hydrogen) atoms. The van der Waals surface area contributed by atoms with Gasteiger partial charge in [0.2, 0.25) is 5.88 Å². The van der Waals surface area contributed by atoms with Crippen LogP contribution in [0.4, 0.5) is 11.4 Å². The summed E-state index contributed by atoms with van der Waals surface area (Å²) in [6, 6.07) is 19.5. The number of nitrogens with one attached hydrogen (secondary N) is 2. The highest BCUT2D eigenvalue weighted by molar-refractivity contribution is 6.08. The number of fused-ring (bicyclic) bond motifs is 1. The summed E-state index contributed by atoms with van der Waals surface area (Å²) < 4.78 is 5.85. The van der Waals surface area contributed by atoms with E-state index in [1.54, 1.807) is 30.5 Å². The van der Waals surface area contributed by atoms with E-state index in [1.807, 2.05) is 13.0 Å². The van der Waals surface area contributed by atoms with Crippen LogP contribution in [0.25, 0.3) is 0 Å². The molecular weight excluding hydrogens is 452 g/mol. The van der Waals surface area contributed by atoms with Gasteiger partial charge in [-0.15, -0.1) is 0 Å². The number of hydrogen-bond donors (Lipinski definition) is 2. The summed E-state index contributed by atoms with van der Waals surface area (Å²) in [6.07, 6.45) is 1.65. The van der Waals surface area contributed by atoms with Crippen molar-refractivity contribution >= 4 is 17.3 Å². The first-order chi connectivity index (χ1) is 17.5. The minimum Gasteiger partial charge on any atom is -0.478 e. The lowest BCUT2D eigenvalue weighted by Gasteiger charge is -2.34. The number of likely N-dealkylation sites (N-methyl/N-ethyl adjacent to an activating group) is 1. The van der Waals surface area contributed by atoms with Crippen LogP contribution in [-0.2, 0) is 16.9 Å². The average Bonchev–Trinajstić information content (AvgIpc) is 3.19. The van der Waals surface area contributed by atoms with Crippen molar-refractivity contribution in [1.82, 2.24) is 15.2 Å². The minimum atomic E-state index is -1.26. The number of aromatic nitrogens is 1. The summed E-state index contributed by atoms with van der Waals surface area (Å²) in [5.74, 6) is 0.167. The molecule has 3 aromatic rings. The Morgan fingerprint density at radius 2 is 1.94 bits per heavy atom. The first-order valence-corrected chi connectivity index (χ1v) is 12.3. The van der Waals surface area contributed by atoms with E-state index in [9.17, 15) is 10.1 Å². The zero-order valence-electron chi connectivity index (χ0n) is 20.6. The second kappa shape index (κ2) is 9.97. The molecule has 5 rings (SSSR count). The van der Waals surface area contributed by atoms with E-state index >= 15 is 0 Å². The van der Waals surface area contributed by atoms with Crippen LogP contribution in [0, 0.1) is 11.3 Å². The molecule has 0 saturated carbocycles. The van der Waals surface area contributed by atoms with E-state index in [-0.39, 0.29) is 5.91 Å². The van der Waals surface area contributed by atoms with E-state index in [2.05, 4.69) is 62.8 Å². The quantitative estimate of drug-likeness (QED) is 0.535. The molecule has 2 N–H and O–H groups in total. The minimum absolute atomic E-state index is 0.225. The number of benzene rings is 2. The van der Waals surface area contributed by atoms with Gasteiger partial charge < -0.3 is 19.9 Å². The van der Waals surface area contributed by atoms with Crippen LogP contribution in [-0.4, -0.2) is 55.6 Å². The average molecular weight is 483 g/mol. The summed E-state index contributed by atoms with van der Waals surface area (Å²) >= 11 is 0. The Kier molecular flexibility index (Phi) is 6.59. The maximum absolute atomic E-state index is 13.7. The summed E-state index contributed by atoms with van der Waals surface area (Å²) in [4.78, 5) is 22.9. The molecule has 1 aromatic heterocycles. The van der Waals surface area contributed by atoms with Gasteiger partial charge in [-0.2, -0.15) is 5.26 Å². The molecule has 1 amide bonds. The van der Waals surface area contributed by atoms with Crippen LogP contribution < -0.4 is 20.3 Å². The van der Waals surface area contributed by atoms with Crippen LogP contribution in [0.1, 0.15) is 29.2 Å². The Morgan fingerprint density at radius 3 is 2.72 bits per heavy atom. The summed E-state index contributed by atoms with van der Waals surface area (Å²) in [6.45, 7) is 6.77. The fourth-order valence-electron chi connectivity index (χ4n) is 5.00. The van der Waals surface area contributed by atoms with Crippen LogP contribution in [0.15, 0.2) is 60.8 Å². The van der Waals surface area contributed by atoms with Gasteiger partial charge in [0.25, 0.3) is 5.91 Å². The Labute approximate surface area is 211 Å². The molecule has 0 bridgehead atoms. The molecule has 1 fully saturated rings. The van der Waals surface area contributed by atoms with E-state index in [0.29, 0.717) is 41.4 Å². The van der Waals surface area contributed by atoms with Gasteiger partial charge in [-0.3, -0.25) is 10.1 Å². The number of anilines is 2. The van der Waals surface area contributed by atoms with Crippen LogP contribution in [0.2, 0.25) is 0 Å². The number of piperazine rings is 1. The maximum atomic E-state index is 13.7. The number of hydrogen-bond acceptors (Lipinski definition) is 7. The van der Waals surface area contributed by atoms with Crippen molar-refractivity contribution in [1.29, 1.82) is 5.26 Å². The Hall–Kier alpha value is -3.93. The summed E-state index contributed by atoms with van der Waals surface area (Å²) in [5, 5.41) is 16.1. The highest BCUT2D eigenvalue weighted by atomic mass is 16.5. The molecule has 2 aliphatic heterocycles. The molecule has 0 spiro atoms. The van der Waals surface area contributed by atoms with E-state index in [0.717, 1.165) is 31.7 Å². The van der Waals surface area contributed by atoms with Gasteiger partial charge in [0.1, 0.15) is 0 Å². The van der Waals surface area contributed by atoms with E-state index in [1.165, 1.54) is 5.69 Å². The zero-order valence-corrected chi connectivity index (χ0v) is 20.6. The van der Waals surface area contributed by atoms with Gasteiger partial charge >= 0.3 is 0 Å². The fourth-order valence-corrected chi connectivity index (χ4v) is 5.00. The first kappa shape index (κ1) is 23.8. The highest BCUT2D eigenvalue weighted by Gasteiger charge is 2.50. The second-order valence-electron chi connectivity index (χ2n) is 9.18. The van der Waals surface area contributed by atoms with Crippen LogP contribution in [0.5, 0.6) is 5.88 Å². The molecule has 0 aliphatic carbocycles. The highest BCUT2D eigenvalue weighted by Crippen LogP contribution is 2.44. The number of carbonyl (C=O) groups is 1. The number of carbonyl (C=O) groups excluding carboxylic acids is 1. The first-order valence-electron chi connectivity index (χ1n) is 12.3. The Morgan fingerprint density at radius 1 is 1.11 bits per heavy atom. The topological polar surface area (TPSA) is 93.5 Å². The van der Waals surface area contributed by atoms with Gasteiger partial charge in [0, 0.05) is 61.4 Å². The predicted molar refractivity (Wildman–Crippen MR) is 139 cm³/mol. The van der Waals surface area contributed by atoms with Gasteiger partial charge in [0.15, 0.2) is 5.54 Å². The summed E-state index contributed by atoms with van der Waals surface area (Å²) in [5.41, 5.74) is 3.44. The number of nitriles is 1. The lowest BCUT2D eigenvalue weighted by atomic mass is 9.83. The molecule has 1 unspecified atom stereocenters. The molecule has 8 nitrogen and oxygen atoms in total. The number of nitrogens with zero attached hydrogens (tertiary/aromatic N) is 4. The van der Waals surface area contributed by atoms with Gasteiger partial charge in [-0.25, -0.2) is 4.98 Å². The van der Waals surface area contributed by atoms with Crippen molar-refractivity contribution in [2.24, 2.45) is 0 Å². The molecular formula is C28H30N6O2.